The van der Waals surface area contributed by atoms with Crippen molar-refractivity contribution in [3.8, 4) is 0 Å². The van der Waals surface area contributed by atoms with E-state index in [4.69, 9.17) is 4.98 Å². The van der Waals surface area contributed by atoms with Gasteiger partial charge < -0.3 is 4.90 Å². The maximum Gasteiger partial charge on any atom is 0.233 e. The molecule has 2 aromatic heterocycles. The van der Waals surface area contributed by atoms with Crippen LogP contribution in [0.1, 0.15) is 45.4 Å². The average molecular weight is 384 g/mol. The maximum atomic E-state index is 12.6. The second-order valence-electron chi connectivity index (χ2n) is 7.66. The van der Waals surface area contributed by atoms with Crippen molar-refractivity contribution in [2.24, 2.45) is 5.92 Å². The van der Waals surface area contributed by atoms with E-state index in [1.807, 2.05) is 33.6 Å². The largest absolute Gasteiger partial charge is 0.342 e. The fraction of sp³-hybridized carbons (Fsp3) is 0.500. The number of carbonyl (C=O) groups excluding carboxylic acids is 1. The number of hydrogen-bond acceptors (Lipinski definition) is 5. The molecule has 0 saturated carbocycles. The van der Waals surface area contributed by atoms with Gasteiger partial charge >= 0.3 is 0 Å². The van der Waals surface area contributed by atoms with Crippen molar-refractivity contribution in [2.45, 2.75) is 44.7 Å². The van der Waals surface area contributed by atoms with Gasteiger partial charge in [-0.25, -0.2) is 4.98 Å². The van der Waals surface area contributed by atoms with Crippen LogP contribution < -0.4 is 0 Å². The molecule has 142 valence electrons. The lowest BCUT2D eigenvalue weighted by atomic mass is 10.0. The topological polar surface area (TPSA) is 63.4 Å². The molecular weight excluding hydrogens is 358 g/mol. The van der Waals surface area contributed by atoms with Gasteiger partial charge in [-0.1, -0.05) is 44.7 Å². The van der Waals surface area contributed by atoms with E-state index in [1.165, 1.54) is 18.2 Å². The van der Waals surface area contributed by atoms with Crippen molar-refractivity contribution >= 4 is 34.2 Å². The van der Waals surface area contributed by atoms with Crippen molar-refractivity contribution in [1.29, 1.82) is 0 Å². The molecule has 0 N–H and O–H groups in total. The summed E-state index contributed by atoms with van der Waals surface area (Å²) in [6.07, 6.45) is 2.31. The third-order valence-electron chi connectivity index (χ3n) is 5.09. The van der Waals surface area contributed by atoms with Crippen LogP contribution in [0.15, 0.2) is 29.4 Å². The summed E-state index contributed by atoms with van der Waals surface area (Å²) in [5, 5.41) is 10.5. The molecule has 1 aliphatic rings. The van der Waals surface area contributed by atoms with Gasteiger partial charge in [-0.15, -0.1) is 10.2 Å². The monoisotopic (exact) mass is 383 g/mol. The van der Waals surface area contributed by atoms with Gasteiger partial charge in [0.25, 0.3) is 0 Å². The predicted octanol–water partition coefficient (Wildman–Crippen LogP) is 3.75. The predicted molar refractivity (Wildman–Crippen MR) is 108 cm³/mol. The van der Waals surface area contributed by atoms with Crippen LogP contribution in [0.25, 0.3) is 16.6 Å². The van der Waals surface area contributed by atoms with Gasteiger partial charge in [0.15, 0.2) is 10.8 Å². The molecule has 0 aliphatic carbocycles. The second-order valence-corrected chi connectivity index (χ2v) is 8.60. The Morgan fingerprint density at radius 3 is 2.89 bits per heavy atom. The molecule has 3 heterocycles. The Morgan fingerprint density at radius 2 is 2.11 bits per heavy atom. The van der Waals surface area contributed by atoms with E-state index in [9.17, 15) is 4.79 Å². The molecule has 0 radical (unpaired) electrons. The Balaban J connectivity index is 1.64. The first kappa shape index (κ1) is 18.2. The van der Waals surface area contributed by atoms with Crippen LogP contribution in [-0.2, 0) is 4.79 Å². The van der Waals surface area contributed by atoms with E-state index < -0.39 is 0 Å². The van der Waals surface area contributed by atoms with Crippen LogP contribution in [0.3, 0.4) is 0 Å². The minimum Gasteiger partial charge on any atom is -0.342 e. The summed E-state index contributed by atoms with van der Waals surface area (Å²) >= 11 is 1.46. The summed E-state index contributed by atoms with van der Waals surface area (Å²) in [5.41, 5.74) is 1.74. The van der Waals surface area contributed by atoms with Crippen molar-refractivity contribution in [2.75, 3.05) is 18.8 Å². The second kappa shape index (κ2) is 7.46. The number of thioether (sulfide) groups is 1. The van der Waals surface area contributed by atoms with Crippen LogP contribution >= 0.6 is 11.8 Å². The highest BCUT2D eigenvalue weighted by atomic mass is 32.2. The van der Waals surface area contributed by atoms with Crippen LogP contribution in [0.2, 0.25) is 0 Å². The van der Waals surface area contributed by atoms with E-state index in [0.29, 0.717) is 11.7 Å². The number of hydrogen-bond donors (Lipinski definition) is 0. The van der Waals surface area contributed by atoms with Crippen LogP contribution in [0.4, 0.5) is 0 Å². The molecule has 3 aromatic rings. The zero-order valence-corrected chi connectivity index (χ0v) is 16.9. The fourth-order valence-corrected chi connectivity index (χ4v) is 4.54. The average Bonchev–Trinajstić information content (AvgIpc) is 3.09. The number of likely N-dealkylation sites (tertiary alicyclic amines) is 1. The van der Waals surface area contributed by atoms with Gasteiger partial charge in [0.05, 0.1) is 11.3 Å². The Kier molecular flexibility index (Phi) is 5.04. The summed E-state index contributed by atoms with van der Waals surface area (Å²) in [6, 6.07) is 8.00. The zero-order valence-electron chi connectivity index (χ0n) is 16.1. The highest BCUT2D eigenvalue weighted by Crippen LogP contribution is 2.27. The van der Waals surface area contributed by atoms with Crippen LogP contribution in [0.5, 0.6) is 0 Å². The summed E-state index contributed by atoms with van der Waals surface area (Å²) in [4.78, 5) is 19.5. The van der Waals surface area contributed by atoms with Crippen LogP contribution in [0, 0.1) is 5.92 Å². The third-order valence-corrected chi connectivity index (χ3v) is 6.01. The number of carbonyl (C=O) groups is 1. The van der Waals surface area contributed by atoms with Gasteiger partial charge in [0, 0.05) is 24.4 Å². The van der Waals surface area contributed by atoms with Crippen molar-refractivity contribution in [3.05, 3.63) is 30.1 Å². The Morgan fingerprint density at radius 1 is 1.30 bits per heavy atom. The first-order valence-corrected chi connectivity index (χ1v) is 10.6. The lowest BCUT2D eigenvalue weighted by Crippen LogP contribution is -2.40. The summed E-state index contributed by atoms with van der Waals surface area (Å²) in [6.45, 7) is 8.18. The highest BCUT2D eigenvalue weighted by molar-refractivity contribution is 7.99. The highest BCUT2D eigenvalue weighted by Gasteiger charge is 2.23. The van der Waals surface area contributed by atoms with Crippen LogP contribution in [-0.4, -0.2) is 49.2 Å². The Bertz CT molecular complexity index is 983. The molecule has 27 heavy (non-hydrogen) atoms. The van der Waals surface area contributed by atoms with E-state index >= 15 is 0 Å². The van der Waals surface area contributed by atoms with E-state index in [1.54, 1.807) is 0 Å². The normalized spacial score (nSPS) is 17.9. The van der Waals surface area contributed by atoms with Crippen molar-refractivity contribution < 1.29 is 4.79 Å². The van der Waals surface area contributed by atoms with E-state index in [2.05, 4.69) is 31.0 Å². The fourth-order valence-electron chi connectivity index (χ4n) is 3.70. The lowest BCUT2D eigenvalue weighted by Gasteiger charge is -2.30. The quantitative estimate of drug-likeness (QED) is 0.642. The first-order chi connectivity index (χ1) is 13.0. The minimum absolute atomic E-state index is 0.183. The number of aromatic nitrogens is 4. The molecule has 7 heteroatoms. The number of rotatable bonds is 4. The van der Waals surface area contributed by atoms with Crippen molar-refractivity contribution in [3.63, 3.8) is 0 Å². The molecule has 1 fully saturated rings. The smallest absolute Gasteiger partial charge is 0.233 e. The minimum atomic E-state index is 0.183. The molecule has 0 spiro atoms. The molecular formula is C20H25N5OS. The maximum absolute atomic E-state index is 12.6. The Labute approximate surface area is 163 Å². The molecule has 1 saturated heterocycles. The third kappa shape index (κ3) is 3.52. The van der Waals surface area contributed by atoms with Gasteiger partial charge in [0.2, 0.25) is 5.91 Å². The Hall–Kier alpha value is -2.15. The van der Waals surface area contributed by atoms with E-state index in [0.717, 1.165) is 47.0 Å². The molecule has 0 unspecified atom stereocenters. The summed E-state index contributed by atoms with van der Waals surface area (Å²) in [5.74, 6) is 2.31. The summed E-state index contributed by atoms with van der Waals surface area (Å²) in [7, 11) is 0. The number of fused-ring (bicyclic) bond motifs is 3. The zero-order chi connectivity index (χ0) is 19.0. The number of benzene rings is 1. The molecule has 6 nitrogen and oxygen atoms in total. The molecule has 1 aliphatic heterocycles. The SMILES string of the molecule is CC(C)c1nc2ccccc2c2nnc(SCC(=O)N3CCC[C@@H](C)C3)n12. The van der Waals surface area contributed by atoms with E-state index in [-0.39, 0.29) is 11.8 Å². The van der Waals surface area contributed by atoms with Gasteiger partial charge in [-0.3, -0.25) is 9.20 Å². The first-order valence-electron chi connectivity index (χ1n) is 9.59. The number of nitrogens with zero attached hydrogens (tertiary/aromatic N) is 5. The number of para-hydroxylation sites is 1. The molecule has 1 amide bonds. The molecule has 1 atom stereocenters. The molecule has 1 aromatic carbocycles. The molecule has 4 rings (SSSR count). The standard InChI is InChI=1S/C20H25N5OS/c1-13(2)18-21-16-9-5-4-8-15(16)19-22-23-20(25(18)19)27-12-17(26)24-10-6-7-14(3)11-24/h4-5,8-9,13-14H,6-7,10-12H2,1-3H3/t14-/m1/s1. The lowest BCUT2D eigenvalue weighted by molar-refractivity contribution is -0.130. The number of amides is 1. The van der Waals surface area contributed by atoms with Gasteiger partial charge in [-0.05, 0) is 30.9 Å². The molecule has 0 bridgehead atoms. The van der Waals surface area contributed by atoms with Gasteiger partial charge in [0.1, 0.15) is 5.82 Å². The number of piperidine rings is 1. The summed E-state index contributed by atoms with van der Waals surface area (Å²) < 4.78 is 2.02. The van der Waals surface area contributed by atoms with Gasteiger partial charge in [-0.2, -0.15) is 0 Å². The van der Waals surface area contributed by atoms with Crippen molar-refractivity contribution in [1.82, 2.24) is 24.5 Å².